The molecule has 96 valence electrons. The summed E-state index contributed by atoms with van der Waals surface area (Å²) in [5.41, 5.74) is 2.46. The predicted octanol–water partition coefficient (Wildman–Crippen LogP) is 4.88. The molecule has 0 amide bonds. The van der Waals surface area contributed by atoms with Gasteiger partial charge in [0.25, 0.3) is 0 Å². The summed E-state index contributed by atoms with van der Waals surface area (Å²) in [6, 6.07) is 8.48. The van der Waals surface area contributed by atoms with E-state index in [1.165, 1.54) is 15.6 Å². The summed E-state index contributed by atoms with van der Waals surface area (Å²) in [5.74, 6) is 0. The van der Waals surface area contributed by atoms with Gasteiger partial charge >= 0.3 is 0 Å². The van der Waals surface area contributed by atoms with Crippen LogP contribution >= 0.6 is 38.5 Å². The number of halogens is 2. The highest BCUT2D eigenvalue weighted by atomic mass is 127. The number of rotatable bonds is 5. The van der Waals surface area contributed by atoms with Gasteiger partial charge in [0, 0.05) is 39.2 Å². The fourth-order valence-corrected chi connectivity index (χ4v) is 2.70. The van der Waals surface area contributed by atoms with Gasteiger partial charge in [-0.15, -0.1) is 0 Å². The van der Waals surface area contributed by atoms with E-state index in [4.69, 9.17) is 0 Å². The number of hydrogen-bond acceptors (Lipinski definition) is 1. The number of nitrogens with one attached hydrogen (secondary N) is 1. The molecule has 4 heteroatoms. The number of nitrogens with zero attached hydrogens (tertiary/aromatic N) is 1. The molecule has 0 fully saturated rings. The zero-order valence-electron chi connectivity index (χ0n) is 10.3. The summed E-state index contributed by atoms with van der Waals surface area (Å²) >= 11 is 5.89. The maximum atomic E-state index is 3.56. The van der Waals surface area contributed by atoms with Crippen molar-refractivity contribution in [3.05, 3.63) is 50.3 Å². The van der Waals surface area contributed by atoms with E-state index in [0.717, 1.165) is 23.2 Å². The van der Waals surface area contributed by atoms with Crippen LogP contribution in [0.5, 0.6) is 0 Å². The molecule has 1 aromatic carbocycles. The summed E-state index contributed by atoms with van der Waals surface area (Å²) in [6.45, 7) is 4.14. The van der Waals surface area contributed by atoms with Gasteiger partial charge in [-0.2, -0.15) is 0 Å². The Kier molecular flexibility index (Phi) is 5.12. The van der Waals surface area contributed by atoms with Crippen molar-refractivity contribution in [2.24, 2.45) is 0 Å². The molecule has 0 aliphatic rings. The second-order valence-corrected chi connectivity index (χ2v) is 6.34. The van der Waals surface area contributed by atoms with Crippen molar-refractivity contribution in [3.8, 4) is 0 Å². The fraction of sp³-hybridized carbons (Fsp3) is 0.286. The van der Waals surface area contributed by atoms with Gasteiger partial charge < -0.3 is 9.88 Å². The molecule has 0 saturated heterocycles. The summed E-state index contributed by atoms with van der Waals surface area (Å²) in [4.78, 5) is 0. The van der Waals surface area contributed by atoms with Crippen LogP contribution in [0.2, 0.25) is 0 Å². The van der Waals surface area contributed by atoms with Gasteiger partial charge in [0.1, 0.15) is 0 Å². The monoisotopic (exact) mass is 418 g/mol. The third-order valence-electron chi connectivity index (χ3n) is 2.70. The van der Waals surface area contributed by atoms with Gasteiger partial charge in [-0.05, 0) is 74.8 Å². The minimum Gasteiger partial charge on any atom is -0.380 e. The molecule has 2 nitrogen and oxygen atoms in total. The number of aryl methyl sites for hydroxylation is 1. The normalized spacial score (nSPS) is 10.6. The molecule has 0 aliphatic carbocycles. The third-order valence-corrected chi connectivity index (χ3v) is 4.07. The lowest BCUT2D eigenvalue weighted by Gasteiger charge is -2.08. The van der Waals surface area contributed by atoms with E-state index in [9.17, 15) is 0 Å². The van der Waals surface area contributed by atoms with E-state index in [1.807, 2.05) is 0 Å². The smallest absolute Gasteiger partial charge is 0.0497 e. The Bertz CT molecular complexity index is 522. The van der Waals surface area contributed by atoms with Crippen LogP contribution in [0.25, 0.3) is 0 Å². The number of anilines is 1. The molecule has 2 aromatic rings. The SMILES string of the molecule is CCCn1ccc(CNc2cc(I)ccc2Br)c1. The Morgan fingerprint density at radius 3 is 2.94 bits per heavy atom. The quantitative estimate of drug-likeness (QED) is 0.685. The highest BCUT2D eigenvalue weighted by molar-refractivity contribution is 14.1. The molecule has 0 unspecified atom stereocenters. The first kappa shape index (κ1) is 13.9. The Balaban J connectivity index is 1.99. The molecule has 2 rings (SSSR count). The molecule has 0 aliphatic heterocycles. The van der Waals surface area contributed by atoms with E-state index in [2.05, 4.69) is 92.0 Å². The average Bonchev–Trinajstić information content (AvgIpc) is 2.79. The van der Waals surface area contributed by atoms with Crippen molar-refractivity contribution in [1.82, 2.24) is 4.57 Å². The molecule has 1 N–H and O–H groups in total. The third kappa shape index (κ3) is 3.75. The van der Waals surface area contributed by atoms with E-state index in [-0.39, 0.29) is 0 Å². The Hall–Kier alpha value is -0.490. The van der Waals surface area contributed by atoms with Crippen LogP contribution in [-0.2, 0) is 13.1 Å². The van der Waals surface area contributed by atoms with Crippen LogP contribution in [0, 0.1) is 3.57 Å². The Labute approximate surface area is 130 Å². The minimum atomic E-state index is 0.857. The maximum Gasteiger partial charge on any atom is 0.0497 e. The molecule has 1 aromatic heterocycles. The highest BCUT2D eigenvalue weighted by Gasteiger charge is 2.01. The van der Waals surface area contributed by atoms with Gasteiger partial charge in [0.05, 0.1) is 0 Å². The van der Waals surface area contributed by atoms with Crippen LogP contribution < -0.4 is 5.32 Å². The van der Waals surface area contributed by atoms with Crippen LogP contribution in [-0.4, -0.2) is 4.57 Å². The number of benzene rings is 1. The Morgan fingerprint density at radius 2 is 2.17 bits per heavy atom. The fourth-order valence-electron chi connectivity index (χ4n) is 1.82. The minimum absolute atomic E-state index is 0.857. The van der Waals surface area contributed by atoms with Crippen molar-refractivity contribution in [2.75, 3.05) is 5.32 Å². The van der Waals surface area contributed by atoms with E-state index < -0.39 is 0 Å². The van der Waals surface area contributed by atoms with Crippen LogP contribution in [0.15, 0.2) is 41.1 Å². The summed E-state index contributed by atoms with van der Waals surface area (Å²) in [6.07, 6.45) is 5.52. The highest BCUT2D eigenvalue weighted by Crippen LogP contribution is 2.24. The molecular weight excluding hydrogens is 403 g/mol. The molecular formula is C14H16BrIN2. The second kappa shape index (κ2) is 6.61. The number of hydrogen-bond donors (Lipinski definition) is 1. The van der Waals surface area contributed by atoms with Crippen molar-refractivity contribution >= 4 is 44.2 Å². The lowest BCUT2D eigenvalue weighted by atomic mass is 10.3. The van der Waals surface area contributed by atoms with Gasteiger partial charge in [0.2, 0.25) is 0 Å². The Morgan fingerprint density at radius 1 is 1.33 bits per heavy atom. The van der Waals surface area contributed by atoms with E-state index >= 15 is 0 Å². The first-order valence-electron chi connectivity index (χ1n) is 6.02. The zero-order chi connectivity index (χ0) is 13.0. The van der Waals surface area contributed by atoms with Crippen molar-refractivity contribution in [2.45, 2.75) is 26.4 Å². The first-order valence-corrected chi connectivity index (χ1v) is 7.90. The second-order valence-electron chi connectivity index (χ2n) is 4.24. The van der Waals surface area contributed by atoms with Gasteiger partial charge in [-0.3, -0.25) is 0 Å². The maximum absolute atomic E-state index is 3.56. The molecule has 0 saturated carbocycles. The van der Waals surface area contributed by atoms with Gasteiger partial charge in [0.15, 0.2) is 0 Å². The van der Waals surface area contributed by atoms with E-state index in [1.54, 1.807) is 0 Å². The van der Waals surface area contributed by atoms with Crippen LogP contribution in [0.3, 0.4) is 0 Å². The largest absolute Gasteiger partial charge is 0.380 e. The van der Waals surface area contributed by atoms with Crippen molar-refractivity contribution in [1.29, 1.82) is 0 Å². The average molecular weight is 419 g/mol. The standard InChI is InChI=1S/C14H16BrIN2/c1-2-6-18-7-5-11(10-18)9-17-14-8-12(16)3-4-13(14)15/h3-5,7-8,10,17H,2,6,9H2,1H3. The summed E-state index contributed by atoms with van der Waals surface area (Å²) in [7, 11) is 0. The van der Waals surface area contributed by atoms with Crippen LogP contribution in [0.4, 0.5) is 5.69 Å². The molecule has 0 atom stereocenters. The van der Waals surface area contributed by atoms with Crippen molar-refractivity contribution < 1.29 is 0 Å². The van der Waals surface area contributed by atoms with Gasteiger partial charge in [-0.25, -0.2) is 0 Å². The lowest BCUT2D eigenvalue weighted by Crippen LogP contribution is -2.00. The molecule has 0 bridgehead atoms. The first-order chi connectivity index (χ1) is 8.69. The molecule has 0 radical (unpaired) electrons. The topological polar surface area (TPSA) is 17.0 Å². The predicted molar refractivity (Wildman–Crippen MR) is 88.9 cm³/mol. The van der Waals surface area contributed by atoms with E-state index in [0.29, 0.717) is 0 Å². The summed E-state index contributed by atoms with van der Waals surface area (Å²) in [5, 5.41) is 3.46. The van der Waals surface area contributed by atoms with Crippen LogP contribution in [0.1, 0.15) is 18.9 Å². The van der Waals surface area contributed by atoms with Crippen molar-refractivity contribution in [3.63, 3.8) is 0 Å². The summed E-state index contributed by atoms with van der Waals surface area (Å²) < 4.78 is 4.58. The number of aromatic nitrogens is 1. The zero-order valence-corrected chi connectivity index (χ0v) is 14.0. The lowest BCUT2D eigenvalue weighted by molar-refractivity contribution is 0.681. The molecule has 18 heavy (non-hydrogen) atoms. The molecule has 0 spiro atoms. The molecule has 1 heterocycles. The van der Waals surface area contributed by atoms with Gasteiger partial charge in [-0.1, -0.05) is 6.92 Å².